The first-order valence-electron chi connectivity index (χ1n) is 15.3. The molecule has 2 nitrogen and oxygen atoms in total. The van der Waals surface area contributed by atoms with E-state index in [1.807, 2.05) is 18.7 Å². The summed E-state index contributed by atoms with van der Waals surface area (Å²) in [6.07, 6.45) is 10.0. The molecule has 44 heavy (non-hydrogen) atoms. The molecule has 0 aliphatic carbocycles. The Hall–Kier alpha value is -4.93. The SMILES string of the molecule is C=C(c1ccccc1)[Si](C=CCC)(Cn1ccnc1)c1ccccc1.c1ccc(B(c2ccccc2)c2ccccc2)cc1. The molecule has 1 aromatic heterocycles. The van der Waals surface area contributed by atoms with E-state index in [9.17, 15) is 0 Å². The van der Waals surface area contributed by atoms with E-state index < -0.39 is 8.07 Å². The zero-order valence-corrected chi connectivity index (χ0v) is 26.4. The Morgan fingerprint density at radius 1 is 0.682 bits per heavy atom. The zero-order chi connectivity index (χ0) is 30.5. The first-order valence-corrected chi connectivity index (χ1v) is 17.6. The average molecular weight is 587 g/mol. The van der Waals surface area contributed by atoms with E-state index in [0.29, 0.717) is 6.71 Å². The highest BCUT2D eigenvalue weighted by Gasteiger charge is 2.36. The van der Waals surface area contributed by atoms with Crippen molar-refractivity contribution < 1.29 is 0 Å². The van der Waals surface area contributed by atoms with Crippen LogP contribution in [0.2, 0.25) is 0 Å². The normalized spacial score (nSPS) is 12.1. The number of benzene rings is 5. The van der Waals surface area contributed by atoms with Crippen molar-refractivity contribution in [3.05, 3.63) is 194 Å². The van der Waals surface area contributed by atoms with Crippen LogP contribution in [0.3, 0.4) is 0 Å². The monoisotopic (exact) mass is 586 g/mol. The Morgan fingerprint density at radius 2 is 1.14 bits per heavy atom. The molecule has 0 saturated heterocycles. The molecule has 6 rings (SSSR count). The van der Waals surface area contributed by atoms with Gasteiger partial charge in [0.2, 0.25) is 6.71 Å². The van der Waals surface area contributed by atoms with E-state index in [1.54, 1.807) is 0 Å². The molecule has 4 heteroatoms. The molecule has 0 aliphatic heterocycles. The van der Waals surface area contributed by atoms with Crippen molar-refractivity contribution in [1.82, 2.24) is 9.55 Å². The number of allylic oxidation sites excluding steroid dienone is 1. The maximum atomic E-state index is 4.58. The van der Waals surface area contributed by atoms with Crippen molar-refractivity contribution in [3.8, 4) is 0 Å². The van der Waals surface area contributed by atoms with E-state index in [2.05, 4.69) is 186 Å². The van der Waals surface area contributed by atoms with Gasteiger partial charge in [-0.15, -0.1) is 0 Å². The molecule has 0 spiro atoms. The van der Waals surface area contributed by atoms with Crippen LogP contribution in [0.4, 0.5) is 0 Å². The van der Waals surface area contributed by atoms with E-state index in [4.69, 9.17) is 0 Å². The smallest absolute Gasteiger partial charge is 0.241 e. The van der Waals surface area contributed by atoms with Crippen molar-refractivity contribution in [2.24, 2.45) is 0 Å². The molecule has 0 fully saturated rings. The summed E-state index contributed by atoms with van der Waals surface area (Å²) in [5, 5.41) is 2.61. The third-order valence-corrected chi connectivity index (χ3v) is 12.4. The highest BCUT2D eigenvalue weighted by atomic mass is 28.3. The molecule has 0 amide bonds. The summed E-state index contributed by atoms with van der Waals surface area (Å²) in [7, 11) is -2.19. The fourth-order valence-electron chi connectivity index (χ4n) is 5.74. The first kappa shape index (κ1) is 30.5. The fraction of sp³-hybridized carbons (Fsp3) is 0.0750. The van der Waals surface area contributed by atoms with E-state index >= 15 is 0 Å². The van der Waals surface area contributed by atoms with Gasteiger partial charge in [0.15, 0.2) is 8.07 Å². The van der Waals surface area contributed by atoms with Gasteiger partial charge in [-0.25, -0.2) is 4.98 Å². The summed E-state index contributed by atoms with van der Waals surface area (Å²) in [6, 6.07) is 53.4. The van der Waals surface area contributed by atoms with Crippen LogP contribution in [-0.4, -0.2) is 24.3 Å². The second-order valence-electron chi connectivity index (χ2n) is 10.9. The highest BCUT2D eigenvalue weighted by molar-refractivity contribution is 7.08. The maximum Gasteiger partial charge on any atom is 0.241 e. The number of rotatable bonds is 10. The summed E-state index contributed by atoms with van der Waals surface area (Å²) in [6.45, 7) is 7.08. The Kier molecular flexibility index (Phi) is 10.8. The van der Waals surface area contributed by atoms with Gasteiger partial charge in [0, 0.05) is 18.6 Å². The lowest BCUT2D eigenvalue weighted by molar-refractivity contribution is 0.862. The number of hydrogen-bond acceptors (Lipinski definition) is 1. The Morgan fingerprint density at radius 3 is 1.57 bits per heavy atom. The number of imidazole rings is 1. The van der Waals surface area contributed by atoms with Gasteiger partial charge in [-0.3, -0.25) is 0 Å². The third-order valence-electron chi connectivity index (χ3n) is 7.98. The van der Waals surface area contributed by atoms with Crippen molar-refractivity contribution >= 4 is 41.6 Å². The van der Waals surface area contributed by atoms with Gasteiger partial charge in [-0.05, 0) is 22.4 Å². The number of hydrogen-bond donors (Lipinski definition) is 0. The summed E-state index contributed by atoms with van der Waals surface area (Å²) in [5.74, 6) is 0. The second-order valence-corrected chi connectivity index (χ2v) is 14.7. The summed E-state index contributed by atoms with van der Waals surface area (Å²) < 4.78 is 2.19. The molecular weight excluding hydrogens is 547 g/mol. The van der Waals surface area contributed by atoms with Crippen LogP contribution in [0.1, 0.15) is 18.9 Å². The van der Waals surface area contributed by atoms with Crippen LogP contribution in [0.15, 0.2) is 189 Å². The third kappa shape index (κ3) is 7.52. The topological polar surface area (TPSA) is 17.8 Å². The van der Waals surface area contributed by atoms with Crippen molar-refractivity contribution in [3.63, 3.8) is 0 Å². The van der Waals surface area contributed by atoms with Gasteiger partial charge < -0.3 is 4.57 Å². The largest absolute Gasteiger partial charge is 0.339 e. The standard InChI is InChI=1S/C22H24N2Si.C18H15B/c1-3-4-17-25(19-24-16-15-23-18-24,22-13-9-6-10-14-22)20(2)21-11-7-5-8-12-21;1-4-10-16(11-5-1)19(17-12-6-2-7-13-17)18-14-8-3-9-15-18/h4-18H,2-3,19H2,1H3;1-15H. The molecule has 0 saturated carbocycles. The van der Waals surface area contributed by atoms with Crippen molar-refractivity contribution in [2.75, 3.05) is 0 Å². The molecule has 216 valence electrons. The van der Waals surface area contributed by atoms with Crippen LogP contribution in [0.25, 0.3) is 5.20 Å². The van der Waals surface area contributed by atoms with Gasteiger partial charge in [0.25, 0.3) is 0 Å². The van der Waals surface area contributed by atoms with E-state index in [0.717, 1.165) is 12.6 Å². The minimum Gasteiger partial charge on any atom is -0.339 e. The Balaban J connectivity index is 0.000000181. The van der Waals surface area contributed by atoms with Gasteiger partial charge in [-0.1, -0.05) is 193 Å². The van der Waals surface area contributed by atoms with Crippen molar-refractivity contribution in [1.29, 1.82) is 0 Å². The molecule has 1 unspecified atom stereocenters. The van der Waals surface area contributed by atoms with Crippen LogP contribution in [0, 0.1) is 0 Å². The van der Waals surface area contributed by atoms with E-state index in [-0.39, 0.29) is 0 Å². The lowest BCUT2D eigenvalue weighted by Crippen LogP contribution is -2.51. The number of aromatic nitrogens is 2. The Bertz CT molecular complexity index is 1610. The molecule has 6 aromatic rings. The molecule has 0 radical (unpaired) electrons. The Labute approximate surface area is 264 Å². The summed E-state index contributed by atoms with van der Waals surface area (Å²) in [4.78, 5) is 4.24. The van der Waals surface area contributed by atoms with Gasteiger partial charge in [-0.2, -0.15) is 0 Å². The average Bonchev–Trinajstić information content (AvgIpc) is 3.62. The molecule has 0 N–H and O–H groups in total. The van der Waals surface area contributed by atoms with Crippen LogP contribution in [0.5, 0.6) is 0 Å². The molecule has 0 aliphatic rings. The quantitative estimate of drug-likeness (QED) is 0.163. The van der Waals surface area contributed by atoms with Crippen LogP contribution < -0.4 is 21.6 Å². The molecule has 5 aromatic carbocycles. The predicted octanol–water partition coefficient (Wildman–Crippen LogP) is 6.74. The fourth-order valence-corrected chi connectivity index (χ4v) is 9.84. The van der Waals surface area contributed by atoms with Crippen LogP contribution in [-0.2, 0) is 6.17 Å². The molecular formula is C40H39BN2Si. The molecule has 1 atom stereocenters. The summed E-state index contributed by atoms with van der Waals surface area (Å²) in [5.41, 5.74) is 7.66. The maximum absolute atomic E-state index is 4.58. The lowest BCUT2D eigenvalue weighted by atomic mass is 9.37. The van der Waals surface area contributed by atoms with E-state index in [1.165, 1.54) is 32.3 Å². The number of nitrogens with zero attached hydrogens (tertiary/aromatic N) is 2. The first-order chi connectivity index (χ1) is 21.7. The minimum absolute atomic E-state index is 0.309. The minimum atomic E-state index is -2.19. The highest BCUT2D eigenvalue weighted by Crippen LogP contribution is 2.27. The predicted molar refractivity (Wildman–Crippen MR) is 193 cm³/mol. The van der Waals surface area contributed by atoms with Gasteiger partial charge in [0.05, 0.1) is 6.33 Å². The van der Waals surface area contributed by atoms with Crippen LogP contribution >= 0.6 is 0 Å². The van der Waals surface area contributed by atoms with Crippen molar-refractivity contribution in [2.45, 2.75) is 19.5 Å². The molecule has 1 heterocycles. The summed E-state index contributed by atoms with van der Waals surface area (Å²) >= 11 is 0. The second kappa shape index (κ2) is 15.5. The zero-order valence-electron chi connectivity index (χ0n) is 25.4. The lowest BCUT2D eigenvalue weighted by Gasteiger charge is -2.32. The molecule has 0 bridgehead atoms. The van der Waals surface area contributed by atoms with Gasteiger partial charge in [0.1, 0.15) is 0 Å². The van der Waals surface area contributed by atoms with Gasteiger partial charge >= 0.3 is 0 Å².